The number of non-ortho nitro benzene ring substituents is 1. The molecule has 2 aromatic carbocycles. The van der Waals surface area contributed by atoms with Crippen molar-refractivity contribution in [3.8, 4) is 11.3 Å². The van der Waals surface area contributed by atoms with Crippen molar-refractivity contribution in [2.45, 2.75) is 0 Å². The minimum Gasteiger partial charge on any atom is -0.449 e. The van der Waals surface area contributed by atoms with Crippen LogP contribution in [0.15, 0.2) is 57.7 Å². The van der Waals surface area contributed by atoms with Crippen LogP contribution in [0.25, 0.3) is 22.3 Å². The molecule has 0 saturated carbocycles. The topological polar surface area (TPSA) is 116 Å². The van der Waals surface area contributed by atoms with Gasteiger partial charge in [-0.1, -0.05) is 30.3 Å². The molecule has 0 aliphatic carbocycles. The molecular formula is C15H8N2O6. The molecule has 0 N–H and O–H groups in total. The summed E-state index contributed by atoms with van der Waals surface area (Å²) in [6.45, 7) is 0. The first-order valence-corrected chi connectivity index (χ1v) is 6.44. The highest BCUT2D eigenvalue weighted by atomic mass is 16.6. The number of nitro groups is 2. The molecule has 1 heterocycles. The van der Waals surface area contributed by atoms with Gasteiger partial charge in [-0.05, 0) is 6.07 Å². The molecule has 3 rings (SSSR count). The molecule has 0 bridgehead atoms. The van der Waals surface area contributed by atoms with Crippen LogP contribution in [-0.4, -0.2) is 9.85 Å². The number of rotatable bonds is 3. The van der Waals surface area contributed by atoms with Crippen LogP contribution in [0.3, 0.4) is 0 Å². The Morgan fingerprint density at radius 3 is 2.22 bits per heavy atom. The Hall–Kier alpha value is -3.55. The Labute approximate surface area is 127 Å². The molecule has 8 nitrogen and oxygen atoms in total. The Kier molecular flexibility index (Phi) is 3.34. The summed E-state index contributed by atoms with van der Waals surface area (Å²) in [5, 5.41) is 21.9. The molecule has 0 spiro atoms. The third-order valence-electron chi connectivity index (χ3n) is 3.28. The highest BCUT2D eigenvalue weighted by Gasteiger charge is 2.26. The van der Waals surface area contributed by atoms with Gasteiger partial charge < -0.3 is 4.42 Å². The number of nitrogens with zero attached hydrogens (tertiary/aromatic N) is 2. The molecule has 0 fully saturated rings. The Balaban J connectivity index is 2.41. The first kappa shape index (κ1) is 14.4. The van der Waals surface area contributed by atoms with E-state index in [9.17, 15) is 25.0 Å². The lowest BCUT2D eigenvalue weighted by atomic mass is 10.1. The first-order valence-electron chi connectivity index (χ1n) is 6.44. The van der Waals surface area contributed by atoms with Gasteiger partial charge in [0.05, 0.1) is 15.2 Å². The predicted molar refractivity (Wildman–Crippen MR) is 81.2 cm³/mol. The van der Waals surface area contributed by atoms with Gasteiger partial charge in [-0.15, -0.1) is 0 Å². The first-order chi connectivity index (χ1) is 11.0. The zero-order valence-electron chi connectivity index (χ0n) is 11.5. The molecule has 0 unspecified atom stereocenters. The van der Waals surface area contributed by atoms with E-state index >= 15 is 0 Å². The van der Waals surface area contributed by atoms with E-state index in [4.69, 9.17) is 4.42 Å². The maximum Gasteiger partial charge on any atom is 0.359 e. The second-order valence-corrected chi connectivity index (χ2v) is 4.67. The maximum absolute atomic E-state index is 12.4. The lowest BCUT2D eigenvalue weighted by Gasteiger charge is -2.04. The molecule has 114 valence electrons. The summed E-state index contributed by atoms with van der Waals surface area (Å²) in [4.78, 5) is 33.0. The van der Waals surface area contributed by atoms with E-state index in [2.05, 4.69) is 0 Å². The molecular weight excluding hydrogens is 304 g/mol. The highest BCUT2D eigenvalue weighted by molar-refractivity contribution is 5.85. The largest absolute Gasteiger partial charge is 0.449 e. The van der Waals surface area contributed by atoms with Crippen LogP contribution in [0.4, 0.5) is 11.4 Å². The summed E-state index contributed by atoms with van der Waals surface area (Å²) in [6.07, 6.45) is 0. The fourth-order valence-corrected chi connectivity index (χ4v) is 2.24. The van der Waals surface area contributed by atoms with Gasteiger partial charge in [0.15, 0.2) is 0 Å². The predicted octanol–water partition coefficient (Wildman–Crippen LogP) is 3.28. The van der Waals surface area contributed by atoms with Crippen molar-refractivity contribution in [2.75, 3.05) is 0 Å². The summed E-state index contributed by atoms with van der Waals surface area (Å²) in [6, 6.07) is 11.6. The van der Waals surface area contributed by atoms with E-state index < -0.39 is 21.0 Å². The van der Waals surface area contributed by atoms with Crippen molar-refractivity contribution in [3.05, 3.63) is 79.0 Å². The molecule has 23 heavy (non-hydrogen) atoms. The van der Waals surface area contributed by atoms with E-state index in [1.54, 1.807) is 30.3 Å². The molecule has 0 aliphatic heterocycles. The average molecular weight is 312 g/mol. The molecule has 1 aromatic heterocycles. The van der Waals surface area contributed by atoms with Gasteiger partial charge in [0.25, 0.3) is 11.1 Å². The van der Waals surface area contributed by atoms with Crippen LogP contribution >= 0.6 is 0 Å². The second-order valence-electron chi connectivity index (χ2n) is 4.67. The van der Waals surface area contributed by atoms with Crippen molar-refractivity contribution in [2.24, 2.45) is 0 Å². The summed E-state index contributed by atoms with van der Waals surface area (Å²) in [5.74, 6) is -0.179. The number of hydrogen-bond donors (Lipinski definition) is 0. The van der Waals surface area contributed by atoms with E-state index in [-0.39, 0.29) is 22.4 Å². The molecule has 8 heteroatoms. The molecule has 0 amide bonds. The Morgan fingerprint density at radius 1 is 0.913 bits per heavy atom. The maximum atomic E-state index is 12.4. The minimum atomic E-state index is -0.918. The minimum absolute atomic E-state index is 0.0463. The zero-order chi connectivity index (χ0) is 16.6. The zero-order valence-corrected chi connectivity index (χ0v) is 11.5. The van der Waals surface area contributed by atoms with Crippen LogP contribution < -0.4 is 5.43 Å². The SMILES string of the molecule is O=c1c([N+](=O)[O-])c(-c2ccccc2)oc2ccc([N+](=O)[O-])cc12. The van der Waals surface area contributed by atoms with Crippen molar-refractivity contribution in [1.29, 1.82) is 0 Å². The van der Waals surface area contributed by atoms with Gasteiger partial charge in [0, 0.05) is 17.7 Å². The standard InChI is InChI=1S/C15H8N2O6/c18-14-11-8-10(16(19)20)6-7-12(11)23-15(13(14)17(21)22)9-4-2-1-3-5-9/h1-8H. The highest BCUT2D eigenvalue weighted by Crippen LogP contribution is 2.31. The lowest BCUT2D eigenvalue weighted by molar-refractivity contribution is -0.386. The quantitative estimate of drug-likeness (QED) is 0.541. The van der Waals surface area contributed by atoms with E-state index in [1.807, 2.05) is 0 Å². The Bertz CT molecular complexity index is 994. The van der Waals surface area contributed by atoms with Crippen LogP contribution in [0.5, 0.6) is 0 Å². The summed E-state index contributed by atoms with van der Waals surface area (Å²) in [7, 11) is 0. The van der Waals surface area contributed by atoms with Gasteiger partial charge in [0.2, 0.25) is 5.76 Å². The number of fused-ring (bicyclic) bond motifs is 1. The fraction of sp³-hybridized carbons (Fsp3) is 0. The number of benzene rings is 2. The Morgan fingerprint density at radius 2 is 1.61 bits per heavy atom. The summed E-state index contributed by atoms with van der Waals surface area (Å²) >= 11 is 0. The van der Waals surface area contributed by atoms with Gasteiger partial charge in [-0.2, -0.15) is 0 Å². The average Bonchev–Trinajstić information content (AvgIpc) is 2.54. The third-order valence-corrected chi connectivity index (χ3v) is 3.28. The smallest absolute Gasteiger partial charge is 0.359 e. The summed E-state index contributed by atoms with van der Waals surface area (Å²) in [5.41, 5.74) is -1.59. The van der Waals surface area contributed by atoms with E-state index in [1.165, 1.54) is 12.1 Å². The van der Waals surface area contributed by atoms with Crippen molar-refractivity contribution in [1.82, 2.24) is 0 Å². The summed E-state index contributed by atoms with van der Waals surface area (Å²) < 4.78 is 5.49. The van der Waals surface area contributed by atoms with Crippen LogP contribution in [0.2, 0.25) is 0 Å². The van der Waals surface area contributed by atoms with Crippen molar-refractivity contribution < 1.29 is 14.3 Å². The van der Waals surface area contributed by atoms with Crippen molar-refractivity contribution >= 4 is 22.3 Å². The molecule has 0 aliphatic rings. The fourth-order valence-electron chi connectivity index (χ4n) is 2.24. The molecule has 0 saturated heterocycles. The molecule has 0 radical (unpaired) electrons. The molecule has 3 aromatic rings. The number of hydrogen-bond acceptors (Lipinski definition) is 6. The van der Waals surface area contributed by atoms with Crippen LogP contribution in [-0.2, 0) is 0 Å². The van der Waals surface area contributed by atoms with Gasteiger partial charge in [0.1, 0.15) is 5.58 Å². The monoisotopic (exact) mass is 312 g/mol. The molecule has 0 atom stereocenters. The van der Waals surface area contributed by atoms with Gasteiger partial charge in [-0.3, -0.25) is 25.0 Å². The van der Waals surface area contributed by atoms with Gasteiger partial charge in [-0.25, -0.2) is 0 Å². The van der Waals surface area contributed by atoms with Crippen LogP contribution in [0, 0.1) is 20.2 Å². The third kappa shape index (κ3) is 2.42. The lowest BCUT2D eigenvalue weighted by Crippen LogP contribution is -2.10. The van der Waals surface area contributed by atoms with E-state index in [0.29, 0.717) is 5.56 Å². The number of nitro benzene ring substituents is 1. The van der Waals surface area contributed by atoms with Crippen LogP contribution in [0.1, 0.15) is 0 Å². The van der Waals surface area contributed by atoms with Gasteiger partial charge >= 0.3 is 5.69 Å². The van der Waals surface area contributed by atoms with Crippen molar-refractivity contribution in [3.63, 3.8) is 0 Å². The normalized spacial score (nSPS) is 10.6. The second kappa shape index (κ2) is 5.34. The van der Waals surface area contributed by atoms with E-state index in [0.717, 1.165) is 6.07 Å².